The molecule has 0 bridgehead atoms. The number of hydrogen-bond donors (Lipinski definition) is 1. The van der Waals surface area contributed by atoms with E-state index in [2.05, 4.69) is 11.9 Å². The molecule has 1 N–H and O–H groups in total. The number of benzene rings is 1. The molecular weight excluding hydrogens is 268 g/mol. The molecule has 0 aromatic heterocycles. The highest BCUT2D eigenvalue weighted by atomic mass is 16.5. The molecule has 5 heteroatoms. The minimum Gasteiger partial charge on any atom is -0.490 e. The summed E-state index contributed by atoms with van der Waals surface area (Å²) in [5.74, 6) is 0.928. The third-order valence-electron chi connectivity index (χ3n) is 3.39. The molecule has 1 unspecified atom stereocenters. The lowest BCUT2D eigenvalue weighted by Gasteiger charge is -2.24. The predicted molar refractivity (Wildman–Crippen MR) is 81.1 cm³/mol. The van der Waals surface area contributed by atoms with Crippen LogP contribution in [-0.2, 0) is 9.53 Å². The molecular formula is C16H22N2O3. The molecule has 1 aliphatic rings. The van der Waals surface area contributed by atoms with E-state index in [1.54, 1.807) is 13.2 Å². The standard InChI is InChI=1S/C16H22N2O3/c1-3-10-21-14-7-5-13(6-8-14)16-17-12-15(19)18(16)9-4-11-20-2/h3,5-8,16-17H,1,4,9-12H2,2H3. The predicted octanol–water partition coefficient (Wildman–Crippen LogP) is 1.72. The summed E-state index contributed by atoms with van der Waals surface area (Å²) in [5, 5.41) is 3.24. The van der Waals surface area contributed by atoms with Crippen molar-refractivity contribution in [2.45, 2.75) is 12.6 Å². The van der Waals surface area contributed by atoms with Gasteiger partial charge < -0.3 is 14.4 Å². The van der Waals surface area contributed by atoms with Crippen LogP contribution in [0.3, 0.4) is 0 Å². The lowest BCUT2D eigenvalue weighted by Crippen LogP contribution is -2.31. The van der Waals surface area contributed by atoms with E-state index in [0.29, 0.717) is 26.3 Å². The van der Waals surface area contributed by atoms with Crippen LogP contribution < -0.4 is 10.1 Å². The van der Waals surface area contributed by atoms with Crippen molar-refractivity contribution in [2.24, 2.45) is 0 Å². The summed E-state index contributed by atoms with van der Waals surface area (Å²) in [5.41, 5.74) is 1.06. The van der Waals surface area contributed by atoms with Gasteiger partial charge in [0.15, 0.2) is 0 Å². The fourth-order valence-electron chi connectivity index (χ4n) is 2.37. The lowest BCUT2D eigenvalue weighted by molar-refractivity contribution is -0.128. The van der Waals surface area contributed by atoms with Crippen LogP contribution in [-0.4, -0.2) is 44.2 Å². The number of carbonyl (C=O) groups excluding carboxylic acids is 1. The van der Waals surface area contributed by atoms with E-state index in [1.165, 1.54) is 0 Å². The van der Waals surface area contributed by atoms with Gasteiger partial charge in [0.05, 0.1) is 6.54 Å². The second kappa shape index (κ2) is 7.81. The van der Waals surface area contributed by atoms with Crippen LogP contribution in [0.5, 0.6) is 5.75 Å². The monoisotopic (exact) mass is 290 g/mol. The molecule has 0 radical (unpaired) electrons. The highest BCUT2D eigenvalue weighted by Crippen LogP contribution is 2.24. The van der Waals surface area contributed by atoms with Crippen molar-refractivity contribution in [3.63, 3.8) is 0 Å². The molecule has 2 rings (SSSR count). The number of rotatable bonds is 8. The Hall–Kier alpha value is -1.85. The Kier molecular flexibility index (Phi) is 5.78. The Balaban J connectivity index is 2.01. The van der Waals surface area contributed by atoms with Crippen molar-refractivity contribution in [2.75, 3.05) is 33.4 Å². The van der Waals surface area contributed by atoms with Crippen molar-refractivity contribution in [1.82, 2.24) is 10.2 Å². The van der Waals surface area contributed by atoms with Crippen molar-refractivity contribution >= 4 is 5.91 Å². The van der Waals surface area contributed by atoms with Crippen LogP contribution in [0.15, 0.2) is 36.9 Å². The van der Waals surface area contributed by atoms with Crippen molar-refractivity contribution in [1.29, 1.82) is 0 Å². The van der Waals surface area contributed by atoms with Gasteiger partial charge in [-0.15, -0.1) is 0 Å². The Labute approximate surface area is 125 Å². The maximum atomic E-state index is 11.9. The third kappa shape index (κ3) is 4.06. The molecule has 114 valence electrons. The van der Waals surface area contributed by atoms with E-state index in [-0.39, 0.29) is 12.1 Å². The fourth-order valence-corrected chi connectivity index (χ4v) is 2.37. The Bertz CT molecular complexity index is 473. The number of carbonyl (C=O) groups is 1. The molecule has 5 nitrogen and oxygen atoms in total. The molecule has 1 atom stereocenters. The summed E-state index contributed by atoms with van der Waals surface area (Å²) in [4.78, 5) is 13.8. The van der Waals surface area contributed by atoms with E-state index >= 15 is 0 Å². The maximum Gasteiger partial charge on any atom is 0.238 e. The molecule has 1 aromatic rings. The van der Waals surface area contributed by atoms with Gasteiger partial charge in [0.2, 0.25) is 5.91 Å². The van der Waals surface area contributed by atoms with E-state index in [9.17, 15) is 4.79 Å². The first-order chi connectivity index (χ1) is 10.3. The van der Waals surface area contributed by atoms with Gasteiger partial charge in [-0.2, -0.15) is 0 Å². The first kappa shape index (κ1) is 15.5. The highest BCUT2D eigenvalue weighted by Gasteiger charge is 2.30. The molecule has 1 fully saturated rings. The number of nitrogens with zero attached hydrogens (tertiary/aromatic N) is 1. The van der Waals surface area contributed by atoms with E-state index in [4.69, 9.17) is 9.47 Å². The summed E-state index contributed by atoms with van der Waals surface area (Å²) in [6.45, 7) is 5.84. The molecule has 1 amide bonds. The number of nitrogens with one attached hydrogen (secondary N) is 1. The summed E-state index contributed by atoms with van der Waals surface area (Å²) in [6.07, 6.45) is 2.48. The SMILES string of the molecule is C=CCOc1ccc(C2NCC(=O)N2CCCOC)cc1. The van der Waals surface area contributed by atoms with Gasteiger partial charge in [-0.05, 0) is 24.1 Å². The van der Waals surface area contributed by atoms with Crippen LogP contribution in [0.4, 0.5) is 0 Å². The van der Waals surface area contributed by atoms with Gasteiger partial charge in [-0.25, -0.2) is 0 Å². The smallest absolute Gasteiger partial charge is 0.238 e. The summed E-state index contributed by atoms with van der Waals surface area (Å²) in [7, 11) is 1.67. The minimum atomic E-state index is -0.0668. The number of methoxy groups -OCH3 is 1. The average Bonchev–Trinajstić information content (AvgIpc) is 2.87. The van der Waals surface area contributed by atoms with Gasteiger partial charge in [0.25, 0.3) is 0 Å². The topological polar surface area (TPSA) is 50.8 Å². The average molecular weight is 290 g/mol. The Morgan fingerprint density at radius 2 is 2.19 bits per heavy atom. The van der Waals surface area contributed by atoms with Gasteiger partial charge in [-0.3, -0.25) is 10.1 Å². The molecule has 1 heterocycles. The molecule has 1 aliphatic heterocycles. The van der Waals surface area contributed by atoms with Gasteiger partial charge in [-0.1, -0.05) is 24.8 Å². The zero-order valence-electron chi connectivity index (χ0n) is 12.4. The largest absolute Gasteiger partial charge is 0.490 e. The van der Waals surface area contributed by atoms with Crippen molar-refractivity contribution < 1.29 is 14.3 Å². The maximum absolute atomic E-state index is 11.9. The molecule has 21 heavy (non-hydrogen) atoms. The lowest BCUT2D eigenvalue weighted by atomic mass is 10.1. The van der Waals surface area contributed by atoms with Crippen LogP contribution >= 0.6 is 0 Å². The number of hydrogen-bond acceptors (Lipinski definition) is 4. The molecule has 0 aliphatic carbocycles. The quantitative estimate of drug-likeness (QED) is 0.585. The Morgan fingerprint density at radius 3 is 2.86 bits per heavy atom. The Morgan fingerprint density at radius 1 is 1.43 bits per heavy atom. The second-order valence-corrected chi connectivity index (χ2v) is 4.89. The summed E-state index contributed by atoms with van der Waals surface area (Å²) < 4.78 is 10.5. The van der Waals surface area contributed by atoms with Crippen molar-refractivity contribution in [3.05, 3.63) is 42.5 Å². The van der Waals surface area contributed by atoms with Crippen LogP contribution in [0.2, 0.25) is 0 Å². The van der Waals surface area contributed by atoms with E-state index < -0.39 is 0 Å². The van der Waals surface area contributed by atoms with E-state index in [0.717, 1.165) is 17.7 Å². The van der Waals surface area contributed by atoms with Crippen molar-refractivity contribution in [3.8, 4) is 5.75 Å². The normalized spacial score (nSPS) is 18.0. The van der Waals surface area contributed by atoms with E-state index in [1.807, 2.05) is 29.2 Å². The summed E-state index contributed by atoms with van der Waals surface area (Å²) >= 11 is 0. The first-order valence-corrected chi connectivity index (χ1v) is 7.11. The molecule has 0 saturated carbocycles. The highest BCUT2D eigenvalue weighted by molar-refractivity contribution is 5.80. The molecule has 0 spiro atoms. The van der Waals surface area contributed by atoms with Crippen LogP contribution in [0, 0.1) is 0 Å². The fraction of sp³-hybridized carbons (Fsp3) is 0.438. The first-order valence-electron chi connectivity index (χ1n) is 7.11. The van der Waals surface area contributed by atoms with Crippen LogP contribution in [0.25, 0.3) is 0 Å². The van der Waals surface area contributed by atoms with Gasteiger partial charge in [0, 0.05) is 20.3 Å². The summed E-state index contributed by atoms with van der Waals surface area (Å²) in [6, 6.07) is 7.79. The zero-order chi connectivity index (χ0) is 15.1. The second-order valence-electron chi connectivity index (χ2n) is 4.89. The van der Waals surface area contributed by atoms with Gasteiger partial charge >= 0.3 is 0 Å². The molecule has 1 aromatic carbocycles. The molecule has 1 saturated heterocycles. The van der Waals surface area contributed by atoms with Gasteiger partial charge in [0.1, 0.15) is 18.5 Å². The van der Waals surface area contributed by atoms with Crippen LogP contribution in [0.1, 0.15) is 18.2 Å². The zero-order valence-corrected chi connectivity index (χ0v) is 12.4. The number of amides is 1. The minimum absolute atomic E-state index is 0.0668. The number of ether oxygens (including phenoxy) is 2. The third-order valence-corrected chi connectivity index (χ3v) is 3.39.